The molecule has 0 aliphatic carbocycles. The average molecular weight is 275 g/mol. The smallest absolute Gasteiger partial charge is 0.328 e. The number of ketones is 1. The van der Waals surface area contributed by atoms with Gasteiger partial charge in [-0.1, -0.05) is 13.5 Å². The third-order valence-electron chi connectivity index (χ3n) is 2.14. The highest BCUT2D eigenvalue weighted by molar-refractivity contribution is 5.93. The summed E-state index contributed by atoms with van der Waals surface area (Å²) in [6.45, 7) is 1.37. The molecule has 0 aromatic heterocycles. The molecule has 20 heavy (non-hydrogen) atoms. The van der Waals surface area contributed by atoms with Crippen LogP contribution in [0.5, 0.6) is 0 Å². The zero-order chi connectivity index (χ0) is 14.4. The van der Waals surface area contributed by atoms with Crippen LogP contribution in [-0.4, -0.2) is 22.8 Å². The van der Waals surface area contributed by atoms with Gasteiger partial charge < -0.3 is 15.0 Å². The summed E-state index contributed by atoms with van der Waals surface area (Å²) in [5.41, 5.74) is 0.782. The second-order valence-corrected chi connectivity index (χ2v) is 3.79. The Bertz CT molecular complexity index is 540. The first-order chi connectivity index (χ1) is 8.88. The third-order valence-corrected chi connectivity index (χ3v) is 2.14. The van der Waals surface area contributed by atoms with Crippen molar-refractivity contribution in [3.63, 3.8) is 0 Å². The number of aliphatic carboxylic acids is 1. The molecule has 0 radical (unpaired) electrons. The molecular formula is C15H15O5-. The highest BCUT2D eigenvalue weighted by atomic mass is 16.4. The lowest BCUT2D eigenvalue weighted by molar-refractivity contribution is -0.255. The first kappa shape index (κ1) is 17.3. The largest absolute Gasteiger partial charge is 0.545 e. The molecular weight excluding hydrogens is 260 g/mol. The SMILES string of the molecule is C.CC(=O)/C=C/c1cc(/C=C/C(=O)O)cc(C(=O)[O-])c1. The maximum absolute atomic E-state index is 10.8. The number of carboxylic acid groups (broad SMARTS) is 2. The third kappa shape index (κ3) is 5.77. The second-order valence-electron chi connectivity index (χ2n) is 3.79. The highest BCUT2D eigenvalue weighted by Crippen LogP contribution is 2.13. The van der Waals surface area contributed by atoms with Crippen molar-refractivity contribution in [2.75, 3.05) is 0 Å². The first-order valence-electron chi connectivity index (χ1n) is 5.34. The molecule has 0 unspecified atom stereocenters. The molecule has 0 saturated carbocycles. The van der Waals surface area contributed by atoms with E-state index in [2.05, 4.69) is 0 Å². The standard InChI is InChI=1S/C14H12O5.CH4/c1-9(15)2-3-10-6-11(4-5-13(16)17)8-12(7-10)14(18)19;/h2-8H,1H3,(H,16,17)(H,18,19);1H4/p-1/b3-2+,5-4+;. The van der Waals surface area contributed by atoms with E-state index in [-0.39, 0.29) is 18.8 Å². The van der Waals surface area contributed by atoms with E-state index in [4.69, 9.17) is 5.11 Å². The molecule has 0 aliphatic rings. The van der Waals surface area contributed by atoms with Crippen molar-refractivity contribution >= 4 is 29.9 Å². The van der Waals surface area contributed by atoms with Crippen molar-refractivity contribution in [1.82, 2.24) is 0 Å². The molecule has 1 N–H and O–H groups in total. The van der Waals surface area contributed by atoms with Gasteiger partial charge in [0.1, 0.15) is 0 Å². The molecule has 1 aromatic carbocycles. The molecule has 1 rings (SSSR count). The molecule has 0 atom stereocenters. The van der Waals surface area contributed by atoms with Crippen LogP contribution in [0.2, 0.25) is 0 Å². The number of allylic oxidation sites excluding steroid dienone is 1. The van der Waals surface area contributed by atoms with Gasteiger partial charge in [-0.3, -0.25) is 4.79 Å². The number of benzene rings is 1. The second kappa shape index (κ2) is 7.68. The Labute approximate surface area is 116 Å². The maximum Gasteiger partial charge on any atom is 0.328 e. The first-order valence-corrected chi connectivity index (χ1v) is 5.34. The van der Waals surface area contributed by atoms with Crippen molar-refractivity contribution in [3.8, 4) is 0 Å². The Morgan fingerprint density at radius 2 is 1.55 bits per heavy atom. The predicted octanol–water partition coefficient (Wildman–Crippen LogP) is 1.39. The molecule has 0 fully saturated rings. The summed E-state index contributed by atoms with van der Waals surface area (Å²) in [5, 5.41) is 19.4. The number of hydrogen-bond acceptors (Lipinski definition) is 4. The van der Waals surface area contributed by atoms with Crippen molar-refractivity contribution in [3.05, 3.63) is 47.0 Å². The van der Waals surface area contributed by atoms with E-state index in [1.54, 1.807) is 6.07 Å². The molecule has 0 spiro atoms. The van der Waals surface area contributed by atoms with E-state index >= 15 is 0 Å². The van der Waals surface area contributed by atoms with Crippen LogP contribution in [-0.2, 0) is 9.59 Å². The van der Waals surface area contributed by atoms with Crippen LogP contribution in [0, 0.1) is 0 Å². The molecule has 0 bridgehead atoms. The molecule has 0 heterocycles. The van der Waals surface area contributed by atoms with Crippen LogP contribution in [0.25, 0.3) is 12.2 Å². The number of hydrogen-bond donors (Lipinski definition) is 1. The minimum atomic E-state index is -1.37. The van der Waals surface area contributed by atoms with Gasteiger partial charge in [0, 0.05) is 6.08 Å². The lowest BCUT2D eigenvalue weighted by atomic mass is 10.0. The fraction of sp³-hybridized carbons (Fsp3) is 0.133. The lowest BCUT2D eigenvalue weighted by Gasteiger charge is -2.06. The van der Waals surface area contributed by atoms with Crippen LogP contribution in [0.3, 0.4) is 0 Å². The number of rotatable bonds is 5. The average Bonchev–Trinajstić information content (AvgIpc) is 2.33. The van der Waals surface area contributed by atoms with Gasteiger partial charge in [0.05, 0.1) is 5.97 Å². The molecule has 106 valence electrons. The normalized spacial score (nSPS) is 10.4. The fourth-order valence-electron chi connectivity index (χ4n) is 1.37. The number of carboxylic acids is 2. The van der Waals surface area contributed by atoms with E-state index in [0.717, 1.165) is 6.08 Å². The summed E-state index contributed by atoms with van der Waals surface area (Å²) >= 11 is 0. The van der Waals surface area contributed by atoms with E-state index < -0.39 is 11.9 Å². The van der Waals surface area contributed by atoms with Crippen molar-refractivity contribution in [2.45, 2.75) is 14.4 Å². The zero-order valence-electron chi connectivity index (χ0n) is 10.1. The van der Waals surface area contributed by atoms with Crippen LogP contribution >= 0.6 is 0 Å². The fourth-order valence-corrected chi connectivity index (χ4v) is 1.37. The Kier molecular flexibility index (Phi) is 6.65. The van der Waals surface area contributed by atoms with Crippen LogP contribution in [0.4, 0.5) is 0 Å². The van der Waals surface area contributed by atoms with Gasteiger partial charge in [0.15, 0.2) is 5.78 Å². The van der Waals surface area contributed by atoms with Gasteiger partial charge in [-0.15, -0.1) is 0 Å². The van der Waals surface area contributed by atoms with Crippen LogP contribution in [0.1, 0.15) is 35.8 Å². The Hall–Kier alpha value is -2.69. The Morgan fingerprint density at radius 3 is 1.95 bits per heavy atom. The topological polar surface area (TPSA) is 94.5 Å². The monoisotopic (exact) mass is 275 g/mol. The quantitative estimate of drug-likeness (QED) is 0.819. The molecule has 0 saturated heterocycles. The van der Waals surface area contributed by atoms with Gasteiger partial charge in [-0.05, 0) is 54.0 Å². The summed E-state index contributed by atoms with van der Waals surface area (Å²) in [6.07, 6.45) is 4.90. The number of carbonyl (C=O) groups is 3. The van der Waals surface area contributed by atoms with E-state index in [1.165, 1.54) is 37.3 Å². The van der Waals surface area contributed by atoms with E-state index in [0.29, 0.717) is 11.1 Å². The Balaban J connectivity index is 0.00000361. The molecule has 5 heteroatoms. The summed E-state index contributed by atoms with van der Waals surface area (Å²) in [7, 11) is 0. The summed E-state index contributed by atoms with van der Waals surface area (Å²) in [4.78, 5) is 32.1. The van der Waals surface area contributed by atoms with Crippen LogP contribution < -0.4 is 5.11 Å². The number of carbonyl (C=O) groups excluding carboxylic acids is 2. The van der Waals surface area contributed by atoms with Crippen molar-refractivity contribution in [2.24, 2.45) is 0 Å². The van der Waals surface area contributed by atoms with E-state index in [1.807, 2.05) is 0 Å². The van der Waals surface area contributed by atoms with Crippen molar-refractivity contribution < 1.29 is 24.6 Å². The zero-order valence-corrected chi connectivity index (χ0v) is 10.1. The maximum atomic E-state index is 10.8. The lowest BCUT2D eigenvalue weighted by Crippen LogP contribution is -2.22. The van der Waals surface area contributed by atoms with Crippen molar-refractivity contribution in [1.29, 1.82) is 0 Å². The van der Waals surface area contributed by atoms with E-state index in [9.17, 15) is 19.5 Å². The van der Waals surface area contributed by atoms with Gasteiger partial charge in [0.25, 0.3) is 0 Å². The summed E-state index contributed by atoms with van der Waals surface area (Å²) < 4.78 is 0. The van der Waals surface area contributed by atoms with Gasteiger partial charge in [0.2, 0.25) is 0 Å². The minimum absolute atomic E-state index is 0. The molecule has 1 aromatic rings. The molecule has 0 amide bonds. The predicted molar refractivity (Wildman–Crippen MR) is 73.9 cm³/mol. The number of aromatic carboxylic acids is 1. The summed E-state index contributed by atoms with van der Waals surface area (Å²) in [5.74, 6) is -2.69. The van der Waals surface area contributed by atoms with Gasteiger partial charge >= 0.3 is 5.97 Å². The molecule has 5 nitrogen and oxygen atoms in total. The summed E-state index contributed by atoms with van der Waals surface area (Å²) in [6, 6.07) is 4.19. The van der Waals surface area contributed by atoms with Gasteiger partial charge in [-0.2, -0.15) is 0 Å². The highest BCUT2D eigenvalue weighted by Gasteiger charge is 1.99. The van der Waals surface area contributed by atoms with Crippen LogP contribution in [0.15, 0.2) is 30.4 Å². The Morgan fingerprint density at radius 1 is 1.05 bits per heavy atom. The minimum Gasteiger partial charge on any atom is -0.545 e. The molecule has 0 aliphatic heterocycles. The van der Waals surface area contributed by atoms with Gasteiger partial charge in [-0.25, -0.2) is 4.79 Å².